The maximum absolute atomic E-state index is 6.18. The molecule has 0 radical (unpaired) electrons. The third-order valence-electron chi connectivity index (χ3n) is 5.56. The summed E-state index contributed by atoms with van der Waals surface area (Å²) >= 11 is 0. The highest BCUT2D eigenvalue weighted by Crippen LogP contribution is 2.59. The maximum Gasteiger partial charge on any atom is 0.207 e. The summed E-state index contributed by atoms with van der Waals surface area (Å²) < 4.78 is 6.18. The second-order valence-corrected chi connectivity index (χ2v) is 11.0. The van der Waals surface area contributed by atoms with Crippen LogP contribution in [0.5, 0.6) is 0 Å². The van der Waals surface area contributed by atoms with Gasteiger partial charge in [-0.25, -0.2) is 9.78 Å². The van der Waals surface area contributed by atoms with Gasteiger partial charge in [0.2, 0.25) is 5.85 Å². The second kappa shape index (κ2) is 11.2. The fourth-order valence-corrected chi connectivity index (χ4v) is 8.48. The first kappa shape index (κ1) is 22.4. The molecule has 0 N–H and O–H groups in total. The molecule has 0 spiro atoms. The first-order valence-electron chi connectivity index (χ1n) is 10.7. The molecule has 0 bridgehead atoms. The lowest BCUT2D eigenvalue weighted by molar-refractivity contribution is -0.310. The number of methoxy groups -OCH3 is 1. The molecule has 0 aromatic heterocycles. The van der Waals surface area contributed by atoms with Gasteiger partial charge in [-0.2, -0.15) is 0 Å². The molecule has 4 aromatic carbocycles. The van der Waals surface area contributed by atoms with Gasteiger partial charge in [-0.15, -0.1) is 0 Å². The molecule has 4 rings (SSSR count). The van der Waals surface area contributed by atoms with E-state index >= 15 is 0 Å². The molecule has 32 heavy (non-hydrogen) atoms. The van der Waals surface area contributed by atoms with Crippen LogP contribution >= 0.6 is 7.26 Å². The Morgan fingerprint density at radius 1 is 0.562 bits per heavy atom. The van der Waals surface area contributed by atoms with E-state index in [0.717, 1.165) is 5.56 Å². The SMILES string of the molecule is COC(COOCc1ccccc1)[P+](c1ccccc1)(c1ccccc1)c1ccccc1. The summed E-state index contributed by atoms with van der Waals surface area (Å²) in [6.45, 7) is 0.709. The highest BCUT2D eigenvalue weighted by Gasteiger charge is 2.53. The molecule has 0 saturated heterocycles. The predicted octanol–water partition coefficient (Wildman–Crippen LogP) is 5.10. The lowest BCUT2D eigenvalue weighted by Gasteiger charge is -2.33. The Morgan fingerprint density at radius 2 is 0.969 bits per heavy atom. The first-order valence-corrected chi connectivity index (χ1v) is 12.6. The predicted molar refractivity (Wildman–Crippen MR) is 133 cm³/mol. The Hall–Kier alpha value is -2.81. The standard InChI is InChI=1S/C28H28O3P/c1-29-28(23-31-30-22-24-14-6-2-7-15-24)32(25-16-8-3-9-17-25,26-18-10-4-11-19-26)27-20-12-5-13-21-27/h2-21,28H,22-23H2,1H3/q+1. The average molecular weight is 444 g/mol. The molecule has 0 heterocycles. The number of hydrogen-bond donors (Lipinski definition) is 0. The van der Waals surface area contributed by atoms with E-state index in [1.54, 1.807) is 7.11 Å². The molecule has 0 amide bonds. The van der Waals surface area contributed by atoms with E-state index in [4.69, 9.17) is 14.5 Å². The maximum atomic E-state index is 6.18. The van der Waals surface area contributed by atoms with Gasteiger partial charge in [0.05, 0.1) is 0 Å². The van der Waals surface area contributed by atoms with E-state index in [2.05, 4.69) is 91.0 Å². The van der Waals surface area contributed by atoms with Gasteiger partial charge in [0.25, 0.3) is 0 Å². The largest absolute Gasteiger partial charge is 0.344 e. The minimum atomic E-state index is -2.20. The van der Waals surface area contributed by atoms with Crippen LogP contribution < -0.4 is 15.9 Å². The zero-order valence-electron chi connectivity index (χ0n) is 18.2. The normalized spacial score (nSPS) is 12.4. The fourth-order valence-electron chi connectivity index (χ4n) is 4.06. The van der Waals surface area contributed by atoms with Crippen molar-refractivity contribution in [2.24, 2.45) is 0 Å². The fraction of sp³-hybridized carbons (Fsp3) is 0.143. The molecule has 162 valence electrons. The summed E-state index contributed by atoms with van der Waals surface area (Å²) in [7, 11) is -0.444. The van der Waals surface area contributed by atoms with Gasteiger partial charge in [-0.05, 0) is 42.0 Å². The molecule has 1 unspecified atom stereocenters. The van der Waals surface area contributed by atoms with Crippen LogP contribution in [0.2, 0.25) is 0 Å². The summed E-state index contributed by atoms with van der Waals surface area (Å²) in [5.74, 6) is -0.217. The molecule has 0 saturated carbocycles. The Balaban J connectivity index is 1.72. The molecule has 0 aliphatic carbocycles. The van der Waals surface area contributed by atoms with Gasteiger partial charge in [-0.1, -0.05) is 84.9 Å². The lowest BCUT2D eigenvalue weighted by atomic mass is 10.2. The lowest BCUT2D eigenvalue weighted by Crippen LogP contribution is -2.41. The molecule has 0 fully saturated rings. The van der Waals surface area contributed by atoms with Crippen LogP contribution in [0.4, 0.5) is 0 Å². The quantitative estimate of drug-likeness (QED) is 0.148. The van der Waals surface area contributed by atoms with E-state index in [9.17, 15) is 0 Å². The molecule has 4 aromatic rings. The summed E-state index contributed by atoms with van der Waals surface area (Å²) in [6, 6.07) is 41.9. The van der Waals surface area contributed by atoms with Gasteiger partial charge in [-0.3, -0.25) is 0 Å². The van der Waals surface area contributed by atoms with Crippen molar-refractivity contribution < 1.29 is 14.5 Å². The number of benzene rings is 4. The van der Waals surface area contributed by atoms with Gasteiger partial charge in [0.15, 0.2) is 0 Å². The van der Waals surface area contributed by atoms with Crippen LogP contribution in [-0.2, 0) is 21.1 Å². The van der Waals surface area contributed by atoms with Crippen LogP contribution in [0.25, 0.3) is 0 Å². The monoisotopic (exact) mass is 443 g/mol. The van der Waals surface area contributed by atoms with Crippen LogP contribution in [-0.4, -0.2) is 19.6 Å². The molecule has 0 aliphatic rings. The number of hydrogen-bond acceptors (Lipinski definition) is 3. The molecular formula is C28H28O3P+. The molecule has 0 aliphatic heterocycles. The number of rotatable bonds is 10. The smallest absolute Gasteiger partial charge is 0.207 e. The van der Waals surface area contributed by atoms with Crippen molar-refractivity contribution in [3.8, 4) is 0 Å². The van der Waals surface area contributed by atoms with E-state index in [1.807, 2.05) is 30.3 Å². The topological polar surface area (TPSA) is 27.7 Å². The van der Waals surface area contributed by atoms with Crippen LogP contribution in [0.1, 0.15) is 5.56 Å². The molecule has 1 atom stereocenters. The highest BCUT2D eigenvalue weighted by molar-refractivity contribution is 7.96. The van der Waals surface area contributed by atoms with Crippen molar-refractivity contribution in [2.75, 3.05) is 13.7 Å². The summed E-state index contributed by atoms with van der Waals surface area (Å²) in [5, 5.41) is 3.74. The van der Waals surface area contributed by atoms with Crippen molar-refractivity contribution in [3.63, 3.8) is 0 Å². The van der Waals surface area contributed by atoms with Gasteiger partial charge in [0, 0.05) is 7.11 Å². The van der Waals surface area contributed by atoms with Gasteiger partial charge < -0.3 is 4.74 Å². The summed E-state index contributed by atoms with van der Waals surface area (Å²) in [4.78, 5) is 11.4. The van der Waals surface area contributed by atoms with E-state index in [1.165, 1.54) is 15.9 Å². The van der Waals surface area contributed by atoms with Crippen molar-refractivity contribution in [1.82, 2.24) is 0 Å². The number of ether oxygens (including phenoxy) is 1. The van der Waals surface area contributed by atoms with Crippen LogP contribution in [0.3, 0.4) is 0 Å². The zero-order valence-corrected chi connectivity index (χ0v) is 19.1. The summed E-state index contributed by atoms with van der Waals surface area (Å²) in [5.41, 5.74) is 1.07. The van der Waals surface area contributed by atoms with Gasteiger partial charge in [0.1, 0.15) is 36.4 Å². The van der Waals surface area contributed by atoms with Crippen LogP contribution in [0, 0.1) is 0 Å². The minimum absolute atomic E-state index is 0.217. The zero-order chi connectivity index (χ0) is 22.1. The third kappa shape index (κ3) is 4.82. The Morgan fingerprint density at radius 3 is 1.38 bits per heavy atom. The van der Waals surface area contributed by atoms with Crippen molar-refractivity contribution >= 4 is 23.2 Å². The summed E-state index contributed by atoms with van der Waals surface area (Å²) in [6.07, 6.45) is 0. The first-order chi connectivity index (χ1) is 15.9. The van der Waals surface area contributed by atoms with Crippen molar-refractivity contribution in [1.29, 1.82) is 0 Å². The second-order valence-electron chi connectivity index (χ2n) is 7.45. The Bertz CT molecular complexity index is 960. The van der Waals surface area contributed by atoms with Crippen molar-refractivity contribution in [2.45, 2.75) is 12.5 Å². The van der Waals surface area contributed by atoms with E-state index in [-0.39, 0.29) is 5.85 Å². The van der Waals surface area contributed by atoms with Crippen LogP contribution in [0.15, 0.2) is 121 Å². The molecule has 3 nitrogen and oxygen atoms in total. The van der Waals surface area contributed by atoms with E-state index in [0.29, 0.717) is 13.2 Å². The van der Waals surface area contributed by atoms with Gasteiger partial charge >= 0.3 is 0 Å². The average Bonchev–Trinajstić information content (AvgIpc) is 2.88. The molecule has 4 heteroatoms. The molecular weight excluding hydrogens is 415 g/mol. The minimum Gasteiger partial charge on any atom is -0.344 e. The third-order valence-corrected chi connectivity index (χ3v) is 10.1. The van der Waals surface area contributed by atoms with E-state index < -0.39 is 7.26 Å². The Kier molecular flexibility index (Phi) is 7.82. The Labute approximate surface area is 190 Å². The highest BCUT2D eigenvalue weighted by atomic mass is 31.2. The van der Waals surface area contributed by atoms with Crippen molar-refractivity contribution in [3.05, 3.63) is 127 Å².